The predicted molar refractivity (Wildman–Crippen MR) is 51.5 cm³/mol. The Morgan fingerprint density at radius 2 is 2.29 bits per heavy atom. The first-order valence-corrected chi connectivity index (χ1v) is 4.97. The first-order valence-electron chi connectivity index (χ1n) is 4.59. The highest BCUT2D eigenvalue weighted by Crippen LogP contribution is 2.20. The minimum Gasteiger partial charge on any atom is -0.381 e. The summed E-state index contributed by atoms with van der Waals surface area (Å²) in [4.78, 5) is 10.8. The third-order valence-corrected chi connectivity index (χ3v) is 2.61. The minimum atomic E-state index is -0.455. The zero-order valence-electron chi connectivity index (χ0n) is 7.65. The number of halogens is 1. The summed E-state index contributed by atoms with van der Waals surface area (Å²) in [6.45, 7) is 1.52. The van der Waals surface area contributed by atoms with E-state index in [0.29, 0.717) is 11.6 Å². The number of rotatable bonds is 2. The van der Waals surface area contributed by atoms with Crippen LogP contribution in [0, 0.1) is 0 Å². The second kappa shape index (κ2) is 4.11. The molecule has 4 nitrogen and oxygen atoms in total. The van der Waals surface area contributed by atoms with Gasteiger partial charge in [-0.1, -0.05) is 0 Å². The summed E-state index contributed by atoms with van der Waals surface area (Å²) in [6, 6.07) is 0.341. The van der Waals surface area contributed by atoms with Gasteiger partial charge in [-0.25, -0.2) is 0 Å². The fourth-order valence-corrected chi connectivity index (χ4v) is 1.69. The van der Waals surface area contributed by atoms with Crippen molar-refractivity contribution >= 4 is 16.8 Å². The second-order valence-corrected chi connectivity index (χ2v) is 3.67. The van der Waals surface area contributed by atoms with E-state index >= 15 is 0 Å². The van der Waals surface area contributed by atoms with E-state index in [1.807, 2.05) is 0 Å². The molecule has 0 bridgehead atoms. The molecule has 1 fully saturated rings. The lowest BCUT2D eigenvalue weighted by Gasteiger charge is -2.22. The van der Waals surface area contributed by atoms with E-state index in [0.717, 1.165) is 26.1 Å². The maximum absolute atomic E-state index is 10.8. The van der Waals surface area contributed by atoms with Gasteiger partial charge in [-0.05, 0) is 24.4 Å². The summed E-state index contributed by atoms with van der Waals surface area (Å²) >= 11 is 5.34. The Morgan fingerprint density at radius 1 is 1.57 bits per heavy atom. The summed E-state index contributed by atoms with van der Waals surface area (Å²) in [6.07, 6.45) is 5.09. The minimum absolute atomic E-state index is 0.341. The van der Waals surface area contributed by atoms with Crippen LogP contribution < -0.4 is 0 Å². The molecule has 0 radical (unpaired) electrons. The quantitative estimate of drug-likeness (QED) is 0.703. The molecule has 2 heterocycles. The number of hydrogen-bond donors (Lipinski definition) is 0. The third kappa shape index (κ3) is 1.96. The van der Waals surface area contributed by atoms with Crippen molar-refractivity contribution in [3.8, 4) is 0 Å². The summed E-state index contributed by atoms with van der Waals surface area (Å²) < 4.78 is 7.05. The third-order valence-electron chi connectivity index (χ3n) is 2.39. The zero-order chi connectivity index (χ0) is 9.97. The van der Waals surface area contributed by atoms with Crippen LogP contribution in [-0.4, -0.2) is 28.2 Å². The van der Waals surface area contributed by atoms with E-state index in [1.165, 1.54) is 6.20 Å². The Labute approximate surface area is 86.8 Å². The first kappa shape index (κ1) is 9.68. The molecule has 1 aliphatic heterocycles. The van der Waals surface area contributed by atoms with E-state index in [9.17, 15) is 4.79 Å². The van der Waals surface area contributed by atoms with Gasteiger partial charge in [-0.2, -0.15) is 5.10 Å². The van der Waals surface area contributed by atoms with Crippen LogP contribution in [0.4, 0.5) is 0 Å². The highest BCUT2D eigenvalue weighted by atomic mass is 35.5. The van der Waals surface area contributed by atoms with Crippen LogP contribution in [0.2, 0.25) is 0 Å². The van der Waals surface area contributed by atoms with Crippen molar-refractivity contribution in [3.05, 3.63) is 18.0 Å². The number of hydrogen-bond acceptors (Lipinski definition) is 3. The largest absolute Gasteiger partial charge is 0.381 e. The molecular formula is C9H11ClN2O2. The topological polar surface area (TPSA) is 44.1 Å². The Morgan fingerprint density at radius 3 is 2.86 bits per heavy atom. The molecule has 1 aromatic heterocycles. The number of carbonyl (C=O) groups is 1. The molecule has 76 valence electrons. The highest BCUT2D eigenvalue weighted by Gasteiger charge is 2.17. The lowest BCUT2D eigenvalue weighted by molar-refractivity contribution is 0.0662. The molecule has 1 saturated heterocycles. The van der Waals surface area contributed by atoms with Crippen LogP contribution >= 0.6 is 11.6 Å². The maximum atomic E-state index is 10.8. The summed E-state index contributed by atoms with van der Waals surface area (Å²) in [7, 11) is 0. The average Bonchev–Trinajstić information content (AvgIpc) is 2.68. The standard InChI is InChI=1S/C9H11ClN2O2/c10-9(13)7-5-11-12(6-7)8-1-3-14-4-2-8/h5-6,8H,1-4H2. The van der Waals surface area contributed by atoms with Crippen LogP contribution in [0.1, 0.15) is 29.2 Å². The van der Waals surface area contributed by atoms with Gasteiger partial charge in [0.2, 0.25) is 0 Å². The van der Waals surface area contributed by atoms with Gasteiger partial charge in [0.05, 0.1) is 17.8 Å². The van der Waals surface area contributed by atoms with Crippen molar-refractivity contribution in [3.63, 3.8) is 0 Å². The lowest BCUT2D eigenvalue weighted by atomic mass is 10.1. The summed E-state index contributed by atoms with van der Waals surface area (Å²) in [5.41, 5.74) is 0.457. The van der Waals surface area contributed by atoms with Gasteiger partial charge in [0.15, 0.2) is 0 Å². The normalized spacial score (nSPS) is 18.4. The fourth-order valence-electron chi connectivity index (χ4n) is 1.59. The first-order chi connectivity index (χ1) is 6.77. The Hall–Kier alpha value is -0.870. The van der Waals surface area contributed by atoms with E-state index in [4.69, 9.17) is 16.3 Å². The Balaban J connectivity index is 2.11. The molecule has 0 amide bonds. The van der Waals surface area contributed by atoms with Crippen LogP contribution in [0.5, 0.6) is 0 Å². The van der Waals surface area contributed by atoms with Gasteiger partial charge in [0, 0.05) is 19.4 Å². The van der Waals surface area contributed by atoms with Crippen molar-refractivity contribution in [1.82, 2.24) is 9.78 Å². The molecule has 0 aliphatic carbocycles. The molecule has 0 saturated carbocycles. The molecule has 0 spiro atoms. The number of aromatic nitrogens is 2. The molecular weight excluding hydrogens is 204 g/mol. The van der Waals surface area contributed by atoms with Gasteiger partial charge in [-0.15, -0.1) is 0 Å². The molecule has 1 aromatic rings. The van der Waals surface area contributed by atoms with E-state index in [2.05, 4.69) is 5.10 Å². The van der Waals surface area contributed by atoms with E-state index in [1.54, 1.807) is 10.9 Å². The van der Waals surface area contributed by atoms with E-state index < -0.39 is 5.24 Å². The molecule has 0 atom stereocenters. The van der Waals surface area contributed by atoms with Crippen molar-refractivity contribution in [1.29, 1.82) is 0 Å². The van der Waals surface area contributed by atoms with Gasteiger partial charge in [-0.3, -0.25) is 9.48 Å². The zero-order valence-corrected chi connectivity index (χ0v) is 8.41. The number of ether oxygens (including phenoxy) is 1. The summed E-state index contributed by atoms with van der Waals surface area (Å²) in [5.74, 6) is 0. The van der Waals surface area contributed by atoms with Crippen molar-refractivity contribution in [2.75, 3.05) is 13.2 Å². The summed E-state index contributed by atoms with van der Waals surface area (Å²) in [5, 5.41) is 3.66. The van der Waals surface area contributed by atoms with Gasteiger partial charge >= 0.3 is 0 Å². The van der Waals surface area contributed by atoms with Gasteiger partial charge < -0.3 is 4.74 Å². The Bertz CT molecular complexity index is 331. The highest BCUT2D eigenvalue weighted by molar-refractivity contribution is 6.67. The van der Waals surface area contributed by atoms with Gasteiger partial charge in [0.25, 0.3) is 5.24 Å². The molecule has 2 rings (SSSR count). The second-order valence-electron chi connectivity index (χ2n) is 3.33. The van der Waals surface area contributed by atoms with Crippen molar-refractivity contribution < 1.29 is 9.53 Å². The SMILES string of the molecule is O=C(Cl)c1cnn(C2CCOCC2)c1. The van der Waals surface area contributed by atoms with Crippen molar-refractivity contribution in [2.45, 2.75) is 18.9 Å². The molecule has 14 heavy (non-hydrogen) atoms. The molecule has 0 N–H and O–H groups in total. The predicted octanol–water partition coefficient (Wildman–Crippen LogP) is 1.61. The fraction of sp³-hybridized carbons (Fsp3) is 0.556. The van der Waals surface area contributed by atoms with Crippen LogP contribution in [0.25, 0.3) is 0 Å². The lowest BCUT2D eigenvalue weighted by Crippen LogP contribution is -2.19. The molecule has 1 aliphatic rings. The smallest absolute Gasteiger partial charge is 0.255 e. The molecule has 0 unspecified atom stereocenters. The number of carbonyl (C=O) groups excluding carboxylic acids is 1. The maximum Gasteiger partial charge on any atom is 0.255 e. The van der Waals surface area contributed by atoms with Crippen LogP contribution in [0.15, 0.2) is 12.4 Å². The average molecular weight is 215 g/mol. The van der Waals surface area contributed by atoms with E-state index in [-0.39, 0.29) is 0 Å². The Kier molecular flexibility index (Phi) is 2.84. The number of nitrogens with zero attached hydrogens (tertiary/aromatic N) is 2. The molecule has 5 heteroatoms. The van der Waals surface area contributed by atoms with Gasteiger partial charge in [0.1, 0.15) is 0 Å². The van der Waals surface area contributed by atoms with Crippen LogP contribution in [-0.2, 0) is 4.74 Å². The van der Waals surface area contributed by atoms with Crippen molar-refractivity contribution in [2.24, 2.45) is 0 Å². The molecule has 0 aromatic carbocycles. The monoisotopic (exact) mass is 214 g/mol. The van der Waals surface area contributed by atoms with Crippen LogP contribution in [0.3, 0.4) is 0 Å².